The van der Waals surface area contributed by atoms with E-state index in [2.05, 4.69) is 17.2 Å². The summed E-state index contributed by atoms with van der Waals surface area (Å²) in [7, 11) is 3.50. The molecule has 1 N–H and O–H groups in total. The standard InChI is InChI=1S/C15H20FN3O/c1-4-7-17-15(13-9-19(2)10-18-13)12-8-11(16)5-6-14(12)20-3/h5-6,8-10,15,17H,4,7H2,1-3H3. The summed E-state index contributed by atoms with van der Waals surface area (Å²) in [4.78, 5) is 4.37. The summed E-state index contributed by atoms with van der Waals surface area (Å²) in [5.74, 6) is 0.380. The molecule has 0 aliphatic heterocycles. The fourth-order valence-electron chi connectivity index (χ4n) is 2.18. The van der Waals surface area contributed by atoms with Gasteiger partial charge in [-0.25, -0.2) is 9.37 Å². The van der Waals surface area contributed by atoms with Crippen molar-refractivity contribution in [3.63, 3.8) is 0 Å². The third-order valence-corrected chi connectivity index (χ3v) is 3.12. The van der Waals surface area contributed by atoms with Crippen LogP contribution in [0.15, 0.2) is 30.7 Å². The van der Waals surface area contributed by atoms with Gasteiger partial charge in [-0.15, -0.1) is 0 Å². The summed E-state index contributed by atoms with van der Waals surface area (Å²) < 4.78 is 20.8. The molecule has 108 valence electrons. The first-order valence-corrected chi connectivity index (χ1v) is 6.70. The van der Waals surface area contributed by atoms with Crippen LogP contribution in [0.1, 0.15) is 30.6 Å². The maximum absolute atomic E-state index is 13.6. The molecule has 5 heteroatoms. The summed E-state index contributed by atoms with van der Waals surface area (Å²) in [6.07, 6.45) is 4.65. The summed E-state index contributed by atoms with van der Waals surface area (Å²) in [6.45, 7) is 2.91. The zero-order chi connectivity index (χ0) is 14.5. The number of nitrogens with zero attached hydrogens (tertiary/aromatic N) is 2. The number of methoxy groups -OCH3 is 1. The van der Waals surface area contributed by atoms with Gasteiger partial charge in [0.1, 0.15) is 11.6 Å². The molecule has 0 bridgehead atoms. The van der Waals surface area contributed by atoms with Crippen LogP contribution in [0.2, 0.25) is 0 Å². The first kappa shape index (κ1) is 14.5. The highest BCUT2D eigenvalue weighted by Crippen LogP contribution is 2.29. The summed E-state index contributed by atoms with van der Waals surface area (Å²) in [5, 5.41) is 3.39. The quantitative estimate of drug-likeness (QED) is 0.882. The number of halogens is 1. The molecule has 0 aliphatic rings. The fourth-order valence-corrected chi connectivity index (χ4v) is 2.18. The minimum atomic E-state index is -0.278. The molecule has 0 amide bonds. The Morgan fingerprint density at radius 2 is 2.25 bits per heavy atom. The highest BCUT2D eigenvalue weighted by Gasteiger charge is 2.20. The van der Waals surface area contributed by atoms with Crippen LogP contribution in [0.5, 0.6) is 5.75 Å². The lowest BCUT2D eigenvalue weighted by molar-refractivity contribution is 0.401. The Kier molecular flexibility index (Phi) is 4.74. The molecular formula is C15H20FN3O. The number of ether oxygens (including phenoxy) is 1. The van der Waals surface area contributed by atoms with Crippen molar-refractivity contribution in [1.82, 2.24) is 14.9 Å². The second kappa shape index (κ2) is 6.52. The van der Waals surface area contributed by atoms with Gasteiger partial charge >= 0.3 is 0 Å². The first-order valence-electron chi connectivity index (χ1n) is 6.70. The van der Waals surface area contributed by atoms with E-state index in [4.69, 9.17) is 4.74 Å². The summed E-state index contributed by atoms with van der Waals surface area (Å²) in [5.41, 5.74) is 1.62. The van der Waals surface area contributed by atoms with Gasteiger partial charge in [-0.3, -0.25) is 0 Å². The second-order valence-corrected chi connectivity index (χ2v) is 4.74. The zero-order valence-electron chi connectivity index (χ0n) is 12.1. The van der Waals surface area contributed by atoms with Crippen molar-refractivity contribution in [2.24, 2.45) is 7.05 Å². The third-order valence-electron chi connectivity index (χ3n) is 3.12. The van der Waals surface area contributed by atoms with Gasteiger partial charge in [0.15, 0.2) is 0 Å². The molecule has 0 radical (unpaired) electrons. The number of hydrogen-bond donors (Lipinski definition) is 1. The predicted molar refractivity (Wildman–Crippen MR) is 76.3 cm³/mol. The lowest BCUT2D eigenvalue weighted by atomic mass is 10.0. The smallest absolute Gasteiger partial charge is 0.124 e. The molecule has 2 aromatic rings. The topological polar surface area (TPSA) is 39.1 Å². The van der Waals surface area contributed by atoms with Crippen LogP contribution < -0.4 is 10.1 Å². The van der Waals surface area contributed by atoms with Gasteiger partial charge in [0.2, 0.25) is 0 Å². The average Bonchev–Trinajstić information content (AvgIpc) is 2.86. The van der Waals surface area contributed by atoms with Gasteiger partial charge in [0, 0.05) is 18.8 Å². The lowest BCUT2D eigenvalue weighted by Gasteiger charge is -2.19. The highest BCUT2D eigenvalue weighted by atomic mass is 19.1. The SMILES string of the molecule is CCCNC(c1cn(C)cn1)c1cc(F)ccc1OC. The van der Waals surface area contributed by atoms with Gasteiger partial charge in [-0.2, -0.15) is 0 Å². The van der Waals surface area contributed by atoms with E-state index in [-0.39, 0.29) is 11.9 Å². The molecule has 0 aliphatic carbocycles. The van der Waals surface area contributed by atoms with Crippen LogP contribution in [0.4, 0.5) is 4.39 Å². The largest absolute Gasteiger partial charge is 0.496 e. The maximum atomic E-state index is 13.6. The Balaban J connectivity index is 2.42. The van der Waals surface area contributed by atoms with Crippen molar-refractivity contribution in [2.75, 3.05) is 13.7 Å². The first-order chi connectivity index (χ1) is 9.65. The number of aryl methyl sites for hydroxylation is 1. The van der Waals surface area contributed by atoms with Crippen LogP contribution >= 0.6 is 0 Å². The van der Waals surface area contributed by atoms with Crippen molar-refractivity contribution in [3.05, 3.63) is 47.8 Å². The van der Waals surface area contributed by atoms with E-state index in [1.165, 1.54) is 12.1 Å². The maximum Gasteiger partial charge on any atom is 0.124 e. The number of rotatable bonds is 6. The van der Waals surface area contributed by atoms with Crippen LogP contribution in [0.25, 0.3) is 0 Å². The average molecular weight is 277 g/mol. The number of aromatic nitrogens is 2. The Bertz CT molecular complexity index is 568. The number of nitrogens with one attached hydrogen (secondary N) is 1. The third kappa shape index (κ3) is 3.17. The van der Waals surface area contributed by atoms with Gasteiger partial charge in [-0.05, 0) is 31.2 Å². The van der Waals surface area contributed by atoms with E-state index < -0.39 is 0 Å². The Labute approximate surface area is 118 Å². The van der Waals surface area contributed by atoms with E-state index in [0.29, 0.717) is 5.75 Å². The summed E-state index contributed by atoms with van der Waals surface area (Å²) >= 11 is 0. The Morgan fingerprint density at radius 1 is 1.45 bits per heavy atom. The van der Waals surface area contributed by atoms with Crippen molar-refractivity contribution in [3.8, 4) is 5.75 Å². The zero-order valence-corrected chi connectivity index (χ0v) is 12.1. The molecule has 1 aromatic carbocycles. The van der Waals surface area contributed by atoms with Crippen LogP contribution in [0, 0.1) is 5.82 Å². The molecule has 20 heavy (non-hydrogen) atoms. The van der Waals surface area contributed by atoms with E-state index >= 15 is 0 Å². The van der Waals surface area contributed by atoms with E-state index in [9.17, 15) is 4.39 Å². The van der Waals surface area contributed by atoms with Crippen LogP contribution in [-0.4, -0.2) is 23.2 Å². The van der Waals surface area contributed by atoms with E-state index in [1.54, 1.807) is 19.5 Å². The van der Waals surface area contributed by atoms with Crippen LogP contribution in [0.3, 0.4) is 0 Å². The molecule has 0 saturated carbocycles. The molecule has 1 atom stereocenters. The molecule has 2 rings (SSSR count). The molecule has 1 unspecified atom stereocenters. The van der Waals surface area contributed by atoms with Gasteiger partial charge < -0.3 is 14.6 Å². The van der Waals surface area contributed by atoms with Gasteiger partial charge in [-0.1, -0.05) is 6.92 Å². The normalized spacial score (nSPS) is 12.4. The van der Waals surface area contributed by atoms with Crippen molar-refractivity contribution >= 4 is 0 Å². The number of imidazole rings is 1. The van der Waals surface area contributed by atoms with Crippen molar-refractivity contribution < 1.29 is 9.13 Å². The molecule has 1 heterocycles. The van der Waals surface area contributed by atoms with Gasteiger partial charge in [0.05, 0.1) is 25.2 Å². The molecule has 0 spiro atoms. The predicted octanol–water partition coefficient (Wildman–Crippen LogP) is 2.66. The minimum absolute atomic E-state index is 0.179. The Morgan fingerprint density at radius 3 is 2.85 bits per heavy atom. The van der Waals surface area contributed by atoms with Crippen molar-refractivity contribution in [1.29, 1.82) is 0 Å². The molecule has 4 nitrogen and oxygen atoms in total. The second-order valence-electron chi connectivity index (χ2n) is 4.74. The fraction of sp³-hybridized carbons (Fsp3) is 0.400. The minimum Gasteiger partial charge on any atom is -0.496 e. The highest BCUT2D eigenvalue weighted by molar-refractivity contribution is 5.40. The number of hydrogen-bond acceptors (Lipinski definition) is 3. The van der Waals surface area contributed by atoms with Gasteiger partial charge in [0.25, 0.3) is 0 Å². The number of benzene rings is 1. The molecule has 1 aromatic heterocycles. The van der Waals surface area contributed by atoms with Crippen LogP contribution in [-0.2, 0) is 7.05 Å². The lowest BCUT2D eigenvalue weighted by Crippen LogP contribution is -2.24. The summed E-state index contributed by atoms with van der Waals surface area (Å²) in [6, 6.07) is 4.37. The molecule has 0 fully saturated rings. The van der Waals surface area contributed by atoms with Crippen molar-refractivity contribution in [2.45, 2.75) is 19.4 Å². The molecule has 0 saturated heterocycles. The monoisotopic (exact) mass is 277 g/mol. The molecular weight excluding hydrogens is 257 g/mol. The van der Waals surface area contributed by atoms with E-state index in [0.717, 1.165) is 24.2 Å². The van der Waals surface area contributed by atoms with E-state index in [1.807, 2.05) is 17.8 Å². The Hall–Kier alpha value is -1.88.